The van der Waals surface area contributed by atoms with Crippen LogP contribution in [0.2, 0.25) is 0 Å². The number of aliphatic carboxylic acids is 2. The summed E-state index contributed by atoms with van der Waals surface area (Å²) in [6.07, 6.45) is 5.85. The molecule has 0 aromatic heterocycles. The van der Waals surface area contributed by atoms with Crippen LogP contribution in [-0.2, 0) is 9.59 Å². The van der Waals surface area contributed by atoms with Gasteiger partial charge in [0.25, 0.3) is 0 Å². The van der Waals surface area contributed by atoms with Gasteiger partial charge in [-0.1, -0.05) is 25.2 Å². The number of carbonyl (C=O) groups is 2. The van der Waals surface area contributed by atoms with Crippen LogP contribution in [0, 0.1) is 0 Å². The Morgan fingerprint density at radius 2 is 1.60 bits per heavy atom. The summed E-state index contributed by atoms with van der Waals surface area (Å²) >= 11 is 0. The molecule has 0 atom stereocenters. The third kappa shape index (κ3) is 39.5. The maximum atomic E-state index is 9.64. The number of carboxylic acid groups (broad SMARTS) is 2. The van der Waals surface area contributed by atoms with Gasteiger partial charge in [0.15, 0.2) is 0 Å². The van der Waals surface area contributed by atoms with Crippen molar-refractivity contribution in [2.75, 3.05) is 0 Å². The topological polar surface area (TPSA) is 80.3 Å². The van der Waals surface area contributed by atoms with Gasteiger partial charge in [-0.3, -0.25) is 0 Å². The van der Waals surface area contributed by atoms with Gasteiger partial charge in [-0.25, -0.2) is 0 Å². The first kappa shape index (κ1) is 25.0. The van der Waals surface area contributed by atoms with E-state index in [9.17, 15) is 19.8 Å². The average Bonchev–Trinajstić information content (AvgIpc) is 2.05. The Morgan fingerprint density at radius 1 is 1.20 bits per heavy atom. The number of hydrogen-bond acceptors (Lipinski definition) is 4. The number of hydrogen-bond donors (Lipinski definition) is 0. The van der Waals surface area contributed by atoms with Gasteiger partial charge in [0, 0.05) is 5.97 Å². The van der Waals surface area contributed by atoms with Gasteiger partial charge in [-0.2, -0.15) is 0 Å². The molecule has 0 aromatic rings. The molecule has 0 bridgehead atoms. The van der Waals surface area contributed by atoms with Crippen molar-refractivity contribution in [3.63, 3.8) is 0 Å². The minimum absolute atomic E-state index is 0. The van der Waals surface area contributed by atoms with Crippen molar-refractivity contribution in [3.8, 4) is 0 Å². The van der Waals surface area contributed by atoms with E-state index >= 15 is 0 Å². The molecule has 0 N–H and O–H groups in total. The van der Waals surface area contributed by atoms with E-state index in [2.05, 4.69) is 0 Å². The van der Waals surface area contributed by atoms with E-state index in [0.29, 0.717) is 0 Å². The van der Waals surface area contributed by atoms with Crippen LogP contribution < -0.4 is 91.2 Å². The second kappa shape index (κ2) is 20.5. The maximum absolute atomic E-state index is 9.64. The normalized spacial score (nSPS) is 8.40. The molecular formula is C9H12KNaO4. The number of carbonyl (C=O) groups excluding carboxylic acids is 2. The summed E-state index contributed by atoms with van der Waals surface area (Å²) < 4.78 is 0. The Bertz CT molecular complexity index is 214. The van der Waals surface area contributed by atoms with Crippen molar-refractivity contribution in [1.29, 1.82) is 0 Å². The molecular weight excluding hydrogens is 234 g/mol. The van der Waals surface area contributed by atoms with E-state index in [1.165, 1.54) is 13.0 Å². The van der Waals surface area contributed by atoms with E-state index in [1.54, 1.807) is 19.1 Å². The zero-order chi connectivity index (χ0) is 10.7. The minimum Gasteiger partial charge on any atom is -0.550 e. The first-order valence-electron chi connectivity index (χ1n) is 3.74. The summed E-state index contributed by atoms with van der Waals surface area (Å²) in [5.41, 5.74) is 0. The second-order valence-electron chi connectivity index (χ2n) is 1.93. The SMILES string of the molecule is CC=CC=CC(=O)[O-].CCC(=O)[O-].[K+].[Na+]. The quantitative estimate of drug-likeness (QED) is 0.281. The van der Waals surface area contributed by atoms with Crippen LogP contribution in [-0.4, -0.2) is 11.9 Å². The molecule has 0 spiro atoms. The number of carboxylic acids is 2. The smallest absolute Gasteiger partial charge is 0.550 e. The molecule has 0 heterocycles. The van der Waals surface area contributed by atoms with Crippen molar-refractivity contribution < 1.29 is 101 Å². The van der Waals surface area contributed by atoms with Crippen LogP contribution in [0.1, 0.15) is 20.3 Å². The fourth-order valence-electron chi connectivity index (χ4n) is 0.245. The summed E-state index contributed by atoms with van der Waals surface area (Å²) in [6, 6.07) is 0. The Kier molecular flexibility index (Phi) is 34.2. The molecule has 0 saturated carbocycles. The minimum atomic E-state index is -1.16. The molecule has 0 aliphatic carbocycles. The molecule has 0 aromatic carbocycles. The van der Waals surface area contributed by atoms with E-state index in [1.807, 2.05) is 0 Å². The van der Waals surface area contributed by atoms with Crippen molar-refractivity contribution in [3.05, 3.63) is 24.3 Å². The van der Waals surface area contributed by atoms with Gasteiger partial charge in [0.2, 0.25) is 0 Å². The van der Waals surface area contributed by atoms with E-state index < -0.39 is 11.9 Å². The molecule has 0 saturated heterocycles. The fourth-order valence-corrected chi connectivity index (χ4v) is 0.245. The Morgan fingerprint density at radius 3 is 1.80 bits per heavy atom. The Hall–Kier alpha value is 1.06. The van der Waals surface area contributed by atoms with Crippen LogP contribution in [0.4, 0.5) is 0 Å². The maximum Gasteiger partial charge on any atom is 1.00 e. The van der Waals surface area contributed by atoms with Gasteiger partial charge in [0.05, 0.1) is 5.97 Å². The first-order chi connectivity index (χ1) is 6.04. The van der Waals surface area contributed by atoms with Crippen molar-refractivity contribution in [2.24, 2.45) is 0 Å². The van der Waals surface area contributed by atoms with Crippen molar-refractivity contribution >= 4 is 11.9 Å². The van der Waals surface area contributed by atoms with E-state index in [-0.39, 0.29) is 87.4 Å². The predicted molar refractivity (Wildman–Crippen MR) is 44.3 cm³/mol. The van der Waals surface area contributed by atoms with Crippen molar-refractivity contribution in [1.82, 2.24) is 0 Å². The molecule has 0 unspecified atom stereocenters. The molecule has 0 amide bonds. The molecule has 0 radical (unpaired) electrons. The summed E-state index contributed by atoms with van der Waals surface area (Å²) in [7, 11) is 0. The first-order valence-corrected chi connectivity index (χ1v) is 3.74. The van der Waals surface area contributed by atoms with Gasteiger partial charge < -0.3 is 19.8 Å². The summed E-state index contributed by atoms with van der Waals surface area (Å²) in [6.45, 7) is 3.34. The molecule has 0 aliphatic rings. The Balaban J connectivity index is -0.0000000770. The number of rotatable bonds is 3. The summed E-state index contributed by atoms with van der Waals surface area (Å²) in [5, 5.41) is 18.9. The predicted octanol–water partition coefficient (Wildman–Crippen LogP) is -6.98. The third-order valence-electron chi connectivity index (χ3n) is 0.825. The Labute approximate surface area is 155 Å². The van der Waals surface area contributed by atoms with Crippen LogP contribution in [0.3, 0.4) is 0 Å². The number of allylic oxidation sites excluding steroid dienone is 3. The van der Waals surface area contributed by atoms with E-state index in [0.717, 1.165) is 6.08 Å². The fraction of sp³-hybridized carbons (Fsp3) is 0.333. The molecule has 15 heavy (non-hydrogen) atoms. The van der Waals surface area contributed by atoms with Crippen LogP contribution >= 0.6 is 0 Å². The van der Waals surface area contributed by atoms with Gasteiger partial charge in [-0.15, -0.1) is 0 Å². The zero-order valence-electron chi connectivity index (χ0n) is 9.65. The van der Waals surface area contributed by atoms with Gasteiger partial charge in [-0.05, 0) is 19.4 Å². The van der Waals surface area contributed by atoms with E-state index in [4.69, 9.17) is 0 Å². The molecule has 0 fully saturated rings. The summed E-state index contributed by atoms with van der Waals surface area (Å²) in [4.78, 5) is 18.9. The van der Waals surface area contributed by atoms with Gasteiger partial charge >= 0.3 is 80.9 Å². The molecule has 0 rings (SSSR count). The second-order valence-corrected chi connectivity index (χ2v) is 1.93. The van der Waals surface area contributed by atoms with Crippen LogP contribution in [0.15, 0.2) is 24.3 Å². The van der Waals surface area contributed by atoms with Crippen LogP contribution in [0.5, 0.6) is 0 Å². The van der Waals surface area contributed by atoms with Crippen LogP contribution in [0.25, 0.3) is 0 Å². The summed E-state index contributed by atoms with van der Waals surface area (Å²) in [5.74, 6) is -2.16. The molecule has 4 nitrogen and oxygen atoms in total. The largest absolute Gasteiger partial charge is 1.00 e. The average molecular weight is 246 g/mol. The molecule has 6 heteroatoms. The van der Waals surface area contributed by atoms with Gasteiger partial charge in [0.1, 0.15) is 0 Å². The molecule has 74 valence electrons. The monoisotopic (exact) mass is 246 g/mol. The third-order valence-corrected chi connectivity index (χ3v) is 0.825. The zero-order valence-corrected chi connectivity index (χ0v) is 14.8. The molecule has 0 aliphatic heterocycles. The van der Waals surface area contributed by atoms with Crippen molar-refractivity contribution in [2.45, 2.75) is 20.3 Å². The standard InChI is InChI=1S/C6H8O2.C3H6O2.K.Na/c1-2-3-4-5-6(7)8;1-2-3(4)5;;/h2-5H,1H3,(H,7,8);2H2,1H3,(H,4,5);;/q;;2*+1/p-2.